The minimum Gasteiger partial charge on any atom is -0.497 e. The molecule has 1 atom stereocenters. The minimum atomic E-state index is 0.726. The van der Waals surface area contributed by atoms with E-state index in [4.69, 9.17) is 9.47 Å². The number of aryl methyl sites for hydroxylation is 1. The van der Waals surface area contributed by atoms with E-state index in [1.807, 2.05) is 19.2 Å². The van der Waals surface area contributed by atoms with Crippen molar-refractivity contribution in [1.29, 1.82) is 0 Å². The van der Waals surface area contributed by atoms with E-state index in [-0.39, 0.29) is 0 Å². The van der Waals surface area contributed by atoms with Crippen molar-refractivity contribution in [1.82, 2.24) is 5.32 Å². The molecule has 0 aliphatic carbocycles. The van der Waals surface area contributed by atoms with E-state index < -0.39 is 0 Å². The molecule has 0 bridgehead atoms. The number of hydrogen-bond acceptors (Lipinski definition) is 3. The average molecular weight is 251 g/mol. The van der Waals surface area contributed by atoms with Gasteiger partial charge in [-0.25, -0.2) is 0 Å². The molecule has 0 fully saturated rings. The lowest BCUT2D eigenvalue weighted by Crippen LogP contribution is -2.12. The van der Waals surface area contributed by atoms with Gasteiger partial charge in [-0.3, -0.25) is 0 Å². The monoisotopic (exact) mass is 251 g/mol. The molecule has 1 aromatic rings. The SMILES string of the molecule is CNCCC(C)CCc1ccc(OC)cc1OC. The summed E-state index contributed by atoms with van der Waals surface area (Å²) in [6.45, 7) is 3.38. The highest BCUT2D eigenvalue weighted by molar-refractivity contribution is 5.40. The van der Waals surface area contributed by atoms with Crippen molar-refractivity contribution in [2.24, 2.45) is 5.92 Å². The zero-order valence-electron chi connectivity index (χ0n) is 12.0. The second-order valence-electron chi connectivity index (χ2n) is 4.71. The summed E-state index contributed by atoms with van der Waals surface area (Å²) < 4.78 is 10.6. The first kappa shape index (κ1) is 14.8. The van der Waals surface area contributed by atoms with E-state index in [2.05, 4.69) is 18.3 Å². The maximum absolute atomic E-state index is 5.41. The topological polar surface area (TPSA) is 30.5 Å². The van der Waals surface area contributed by atoms with E-state index in [1.165, 1.54) is 18.4 Å². The molecular formula is C15H25NO2. The van der Waals surface area contributed by atoms with Gasteiger partial charge in [0.15, 0.2) is 0 Å². The molecule has 1 rings (SSSR count). The Kier molecular flexibility index (Phi) is 6.58. The van der Waals surface area contributed by atoms with Crippen LogP contribution >= 0.6 is 0 Å². The van der Waals surface area contributed by atoms with Gasteiger partial charge in [0.1, 0.15) is 11.5 Å². The molecule has 0 aliphatic heterocycles. The fourth-order valence-corrected chi connectivity index (χ4v) is 2.00. The first-order valence-electron chi connectivity index (χ1n) is 6.56. The lowest BCUT2D eigenvalue weighted by atomic mass is 9.97. The molecule has 0 aliphatic rings. The molecule has 1 N–H and O–H groups in total. The van der Waals surface area contributed by atoms with Gasteiger partial charge in [0, 0.05) is 6.07 Å². The quantitative estimate of drug-likeness (QED) is 0.770. The Morgan fingerprint density at radius 2 is 1.94 bits per heavy atom. The van der Waals surface area contributed by atoms with Crippen LogP contribution in [0.5, 0.6) is 11.5 Å². The van der Waals surface area contributed by atoms with Crippen LogP contribution in [-0.4, -0.2) is 27.8 Å². The van der Waals surface area contributed by atoms with Gasteiger partial charge in [-0.2, -0.15) is 0 Å². The van der Waals surface area contributed by atoms with Gasteiger partial charge in [-0.1, -0.05) is 13.0 Å². The fourth-order valence-electron chi connectivity index (χ4n) is 2.00. The maximum atomic E-state index is 5.41. The van der Waals surface area contributed by atoms with Gasteiger partial charge in [0.2, 0.25) is 0 Å². The Bertz CT molecular complexity index is 352. The normalized spacial score (nSPS) is 12.2. The molecular weight excluding hydrogens is 226 g/mol. The molecule has 18 heavy (non-hydrogen) atoms. The second-order valence-corrected chi connectivity index (χ2v) is 4.71. The molecule has 0 radical (unpaired) electrons. The predicted molar refractivity (Wildman–Crippen MR) is 75.6 cm³/mol. The highest BCUT2D eigenvalue weighted by Crippen LogP contribution is 2.26. The van der Waals surface area contributed by atoms with E-state index in [1.54, 1.807) is 14.2 Å². The summed E-state index contributed by atoms with van der Waals surface area (Å²) in [5, 5.41) is 3.19. The largest absolute Gasteiger partial charge is 0.497 e. The maximum Gasteiger partial charge on any atom is 0.125 e. The predicted octanol–water partition coefficient (Wildman–Crippen LogP) is 2.88. The fraction of sp³-hybridized carbons (Fsp3) is 0.600. The molecule has 1 unspecified atom stereocenters. The standard InChI is InChI=1S/C15H25NO2/c1-12(9-10-16-2)5-6-13-7-8-14(17-3)11-15(13)18-4/h7-8,11-12,16H,5-6,9-10H2,1-4H3. The molecule has 3 heteroatoms. The van der Waals surface area contributed by atoms with Crippen LogP contribution in [0.3, 0.4) is 0 Å². The number of benzene rings is 1. The van der Waals surface area contributed by atoms with Crippen LogP contribution < -0.4 is 14.8 Å². The molecule has 1 aromatic carbocycles. The van der Waals surface area contributed by atoms with Gasteiger partial charge in [-0.15, -0.1) is 0 Å². The number of methoxy groups -OCH3 is 2. The average Bonchev–Trinajstić information content (AvgIpc) is 2.42. The summed E-state index contributed by atoms with van der Waals surface area (Å²) in [6, 6.07) is 6.05. The molecule has 0 amide bonds. The summed E-state index contributed by atoms with van der Waals surface area (Å²) in [6.07, 6.45) is 3.46. The minimum absolute atomic E-state index is 0.726. The van der Waals surface area contributed by atoms with Crippen LogP contribution in [0.25, 0.3) is 0 Å². The molecule has 102 valence electrons. The van der Waals surface area contributed by atoms with Crippen molar-refractivity contribution < 1.29 is 9.47 Å². The third-order valence-electron chi connectivity index (χ3n) is 3.29. The van der Waals surface area contributed by atoms with Crippen LogP contribution in [0, 0.1) is 5.92 Å². The van der Waals surface area contributed by atoms with Crippen molar-refractivity contribution in [2.45, 2.75) is 26.2 Å². The number of nitrogens with one attached hydrogen (secondary N) is 1. The van der Waals surface area contributed by atoms with Crippen molar-refractivity contribution in [3.8, 4) is 11.5 Å². The lowest BCUT2D eigenvalue weighted by molar-refractivity contribution is 0.388. The van der Waals surface area contributed by atoms with E-state index in [0.29, 0.717) is 0 Å². The number of hydrogen-bond donors (Lipinski definition) is 1. The Morgan fingerprint density at radius 1 is 1.17 bits per heavy atom. The third kappa shape index (κ3) is 4.57. The van der Waals surface area contributed by atoms with Gasteiger partial charge >= 0.3 is 0 Å². The molecule has 0 aromatic heterocycles. The molecule has 0 saturated carbocycles. The Hall–Kier alpha value is -1.22. The first-order valence-corrected chi connectivity index (χ1v) is 6.56. The van der Waals surface area contributed by atoms with Crippen LogP contribution in [0.4, 0.5) is 0 Å². The number of rotatable bonds is 8. The summed E-state index contributed by atoms with van der Waals surface area (Å²) in [7, 11) is 5.39. The Morgan fingerprint density at radius 3 is 2.56 bits per heavy atom. The second kappa shape index (κ2) is 7.98. The van der Waals surface area contributed by atoms with Crippen molar-refractivity contribution in [3.63, 3.8) is 0 Å². The van der Waals surface area contributed by atoms with Crippen molar-refractivity contribution in [2.75, 3.05) is 27.8 Å². The van der Waals surface area contributed by atoms with E-state index in [9.17, 15) is 0 Å². The molecule has 0 saturated heterocycles. The molecule has 0 spiro atoms. The van der Waals surface area contributed by atoms with Crippen LogP contribution in [0.15, 0.2) is 18.2 Å². The Balaban J connectivity index is 2.55. The summed E-state index contributed by atoms with van der Waals surface area (Å²) in [5.41, 5.74) is 1.26. The van der Waals surface area contributed by atoms with Gasteiger partial charge in [0.25, 0.3) is 0 Å². The third-order valence-corrected chi connectivity index (χ3v) is 3.29. The molecule has 0 heterocycles. The zero-order valence-corrected chi connectivity index (χ0v) is 12.0. The zero-order chi connectivity index (χ0) is 13.4. The highest BCUT2D eigenvalue weighted by Gasteiger charge is 2.07. The Labute approximate surface area is 110 Å². The van der Waals surface area contributed by atoms with Gasteiger partial charge in [-0.05, 0) is 50.4 Å². The van der Waals surface area contributed by atoms with Crippen LogP contribution in [-0.2, 0) is 6.42 Å². The van der Waals surface area contributed by atoms with Crippen molar-refractivity contribution >= 4 is 0 Å². The van der Waals surface area contributed by atoms with E-state index in [0.717, 1.165) is 30.4 Å². The van der Waals surface area contributed by atoms with Gasteiger partial charge < -0.3 is 14.8 Å². The van der Waals surface area contributed by atoms with Gasteiger partial charge in [0.05, 0.1) is 14.2 Å². The smallest absolute Gasteiger partial charge is 0.125 e. The highest BCUT2D eigenvalue weighted by atomic mass is 16.5. The summed E-state index contributed by atoms with van der Waals surface area (Å²) in [4.78, 5) is 0. The summed E-state index contributed by atoms with van der Waals surface area (Å²) >= 11 is 0. The lowest BCUT2D eigenvalue weighted by Gasteiger charge is -2.13. The van der Waals surface area contributed by atoms with Crippen LogP contribution in [0.1, 0.15) is 25.3 Å². The van der Waals surface area contributed by atoms with Crippen molar-refractivity contribution in [3.05, 3.63) is 23.8 Å². The van der Waals surface area contributed by atoms with E-state index >= 15 is 0 Å². The van der Waals surface area contributed by atoms with Crippen LogP contribution in [0.2, 0.25) is 0 Å². The first-order chi connectivity index (χ1) is 8.71. The summed E-state index contributed by atoms with van der Waals surface area (Å²) in [5.74, 6) is 2.50. The number of ether oxygens (including phenoxy) is 2. The molecule has 3 nitrogen and oxygen atoms in total.